The van der Waals surface area contributed by atoms with Crippen molar-refractivity contribution in [3.63, 3.8) is 0 Å². The van der Waals surface area contributed by atoms with E-state index in [0.717, 1.165) is 0 Å². The van der Waals surface area contributed by atoms with Crippen LogP contribution in [0.25, 0.3) is 0 Å². The number of aliphatic hydroxyl groups is 1. The van der Waals surface area contributed by atoms with E-state index >= 15 is 0 Å². The summed E-state index contributed by atoms with van der Waals surface area (Å²) in [6.07, 6.45) is -0.664. The van der Waals surface area contributed by atoms with Gasteiger partial charge in [0.2, 0.25) is 0 Å². The van der Waals surface area contributed by atoms with E-state index in [2.05, 4.69) is 0 Å². The molecule has 1 aliphatic rings. The summed E-state index contributed by atoms with van der Waals surface area (Å²) < 4.78 is 0. The Bertz CT molecular complexity index is 149. The van der Waals surface area contributed by atoms with E-state index in [9.17, 15) is 10.0 Å². The van der Waals surface area contributed by atoms with Crippen LogP contribution in [0.5, 0.6) is 0 Å². The summed E-state index contributed by atoms with van der Waals surface area (Å²) in [5, 5.41) is 27.5. The summed E-state index contributed by atoms with van der Waals surface area (Å²) in [5.74, 6) is -1.12. The number of carboxylic acids is 1. The average molecular weight is 147 g/mol. The molecule has 1 rings (SSSR count). The molecule has 1 aliphatic heterocycles. The SMILES string of the molecule is O=C(O)[C@@H]1C[C@@H](O)C[NH+]1[O-]. The highest BCUT2D eigenvalue weighted by molar-refractivity contribution is 5.72. The molecule has 0 aliphatic carbocycles. The van der Waals surface area contributed by atoms with Crippen molar-refractivity contribution in [3.05, 3.63) is 5.21 Å². The van der Waals surface area contributed by atoms with Gasteiger partial charge in [0.05, 0.1) is 0 Å². The highest BCUT2D eigenvalue weighted by Gasteiger charge is 2.35. The van der Waals surface area contributed by atoms with Crippen LogP contribution in [0, 0.1) is 5.21 Å². The van der Waals surface area contributed by atoms with Crippen molar-refractivity contribution in [2.75, 3.05) is 6.54 Å². The van der Waals surface area contributed by atoms with Gasteiger partial charge in [0.15, 0.2) is 6.04 Å². The lowest BCUT2D eigenvalue weighted by molar-refractivity contribution is -0.853. The number of hydroxylamine groups is 2. The highest BCUT2D eigenvalue weighted by atomic mass is 16.5. The van der Waals surface area contributed by atoms with Gasteiger partial charge in [-0.05, 0) is 0 Å². The Morgan fingerprint density at radius 3 is 2.50 bits per heavy atom. The predicted molar refractivity (Wildman–Crippen MR) is 31.2 cm³/mol. The third kappa shape index (κ3) is 1.26. The maximum absolute atomic E-state index is 10.7. The Morgan fingerprint density at radius 1 is 1.70 bits per heavy atom. The molecule has 1 heterocycles. The largest absolute Gasteiger partial charge is 0.634 e. The molecule has 58 valence electrons. The van der Waals surface area contributed by atoms with E-state index in [1.54, 1.807) is 0 Å². The van der Waals surface area contributed by atoms with Gasteiger partial charge in [-0.1, -0.05) is 0 Å². The summed E-state index contributed by atoms with van der Waals surface area (Å²) in [6, 6.07) is -0.963. The average Bonchev–Trinajstić information content (AvgIpc) is 2.10. The van der Waals surface area contributed by atoms with Gasteiger partial charge < -0.3 is 20.5 Å². The van der Waals surface area contributed by atoms with Gasteiger partial charge >= 0.3 is 5.97 Å². The van der Waals surface area contributed by atoms with Crippen molar-refractivity contribution in [2.24, 2.45) is 0 Å². The molecule has 0 radical (unpaired) electrons. The summed E-state index contributed by atoms with van der Waals surface area (Å²) in [6.45, 7) is -0.00301. The van der Waals surface area contributed by atoms with Crippen molar-refractivity contribution in [2.45, 2.75) is 18.6 Å². The van der Waals surface area contributed by atoms with E-state index in [-0.39, 0.29) is 18.0 Å². The van der Waals surface area contributed by atoms with Crippen LogP contribution in [0.15, 0.2) is 0 Å². The third-order valence-electron chi connectivity index (χ3n) is 1.63. The van der Waals surface area contributed by atoms with Gasteiger partial charge in [0.25, 0.3) is 0 Å². The molecule has 0 saturated carbocycles. The lowest BCUT2D eigenvalue weighted by atomic mass is 10.2. The van der Waals surface area contributed by atoms with Crippen molar-refractivity contribution >= 4 is 5.97 Å². The van der Waals surface area contributed by atoms with Crippen LogP contribution in [0.1, 0.15) is 6.42 Å². The second-order valence-electron chi connectivity index (χ2n) is 2.45. The maximum Gasteiger partial charge on any atom is 0.362 e. The summed E-state index contributed by atoms with van der Waals surface area (Å²) >= 11 is 0. The maximum atomic E-state index is 10.7. The van der Waals surface area contributed by atoms with Crippen molar-refractivity contribution in [3.8, 4) is 0 Å². The molecule has 0 aromatic heterocycles. The molecule has 3 atom stereocenters. The third-order valence-corrected chi connectivity index (χ3v) is 1.63. The number of aliphatic hydroxyl groups excluding tert-OH is 1. The molecule has 0 aromatic carbocycles. The number of rotatable bonds is 1. The van der Waals surface area contributed by atoms with Gasteiger partial charge in [0, 0.05) is 6.42 Å². The highest BCUT2D eigenvalue weighted by Crippen LogP contribution is 2.00. The van der Waals surface area contributed by atoms with Crippen LogP contribution in [-0.4, -0.2) is 34.9 Å². The van der Waals surface area contributed by atoms with Gasteiger partial charge in [-0.25, -0.2) is 4.79 Å². The Hall–Kier alpha value is -0.650. The van der Waals surface area contributed by atoms with Crippen LogP contribution in [-0.2, 0) is 4.79 Å². The number of hydrogen-bond donors (Lipinski definition) is 3. The molecule has 0 bridgehead atoms. The predicted octanol–water partition coefficient (Wildman–Crippen LogP) is -2.41. The van der Waals surface area contributed by atoms with E-state index in [1.807, 2.05) is 0 Å². The fraction of sp³-hybridized carbons (Fsp3) is 0.800. The first kappa shape index (κ1) is 7.46. The monoisotopic (exact) mass is 147 g/mol. The first-order chi connectivity index (χ1) is 4.61. The van der Waals surface area contributed by atoms with Crippen LogP contribution >= 0.6 is 0 Å². The minimum absolute atomic E-state index is 0.00301. The number of hydrogen-bond acceptors (Lipinski definition) is 3. The summed E-state index contributed by atoms with van der Waals surface area (Å²) in [5.41, 5.74) is 0. The van der Waals surface area contributed by atoms with Crippen LogP contribution in [0.2, 0.25) is 0 Å². The van der Waals surface area contributed by atoms with E-state index in [1.165, 1.54) is 0 Å². The normalized spacial score (nSPS) is 40.0. The van der Waals surface area contributed by atoms with Crippen molar-refractivity contribution in [1.29, 1.82) is 0 Å². The van der Waals surface area contributed by atoms with Crippen molar-refractivity contribution in [1.82, 2.24) is 0 Å². The van der Waals surface area contributed by atoms with Gasteiger partial charge in [-0.2, -0.15) is 0 Å². The molecule has 1 unspecified atom stereocenters. The first-order valence-electron chi connectivity index (χ1n) is 3.05. The van der Waals surface area contributed by atoms with Gasteiger partial charge in [-0.15, -0.1) is 0 Å². The molecule has 0 amide bonds. The van der Waals surface area contributed by atoms with Gasteiger partial charge in [-0.3, -0.25) is 0 Å². The van der Waals surface area contributed by atoms with Crippen LogP contribution < -0.4 is 5.06 Å². The minimum atomic E-state index is -1.12. The summed E-state index contributed by atoms with van der Waals surface area (Å²) in [7, 11) is 0. The number of quaternary nitrogens is 1. The molecular formula is C5H9NO4. The van der Waals surface area contributed by atoms with Crippen LogP contribution in [0.3, 0.4) is 0 Å². The Kier molecular flexibility index (Phi) is 1.89. The smallest absolute Gasteiger partial charge is 0.362 e. The fourth-order valence-electron chi connectivity index (χ4n) is 1.10. The second-order valence-corrected chi connectivity index (χ2v) is 2.45. The quantitative estimate of drug-likeness (QED) is 0.360. The van der Waals surface area contributed by atoms with Crippen LogP contribution in [0.4, 0.5) is 0 Å². The molecule has 5 heteroatoms. The molecule has 1 fully saturated rings. The Balaban J connectivity index is 2.54. The van der Waals surface area contributed by atoms with E-state index < -0.39 is 18.1 Å². The molecule has 3 N–H and O–H groups in total. The zero-order valence-electron chi connectivity index (χ0n) is 5.28. The number of aliphatic carboxylic acids is 1. The lowest BCUT2D eigenvalue weighted by Crippen LogP contribution is -3.10. The second kappa shape index (κ2) is 2.53. The molecule has 5 nitrogen and oxygen atoms in total. The Labute approximate surface area is 57.5 Å². The standard InChI is InChI=1S/C5H9NO4/c7-3-1-4(5(8)9)6(10)2-3/h3-4,6-7H,1-2H2,(H,8,9)/t3-,4+/m1/s1. The van der Waals surface area contributed by atoms with E-state index in [0.29, 0.717) is 0 Å². The number of nitrogens with one attached hydrogen (secondary N) is 1. The molecule has 0 aromatic rings. The topological polar surface area (TPSA) is 85.0 Å². The number of carboxylic acid groups (broad SMARTS) is 1. The van der Waals surface area contributed by atoms with E-state index in [4.69, 9.17) is 10.2 Å². The lowest BCUT2D eigenvalue weighted by Gasteiger charge is -2.19. The first-order valence-corrected chi connectivity index (χ1v) is 3.05. The molecular weight excluding hydrogens is 138 g/mol. The Morgan fingerprint density at radius 2 is 2.30 bits per heavy atom. The molecule has 1 saturated heterocycles. The molecule has 0 spiro atoms. The fourth-order valence-corrected chi connectivity index (χ4v) is 1.10. The summed E-state index contributed by atoms with van der Waals surface area (Å²) in [4.78, 5) is 10.2. The number of carbonyl (C=O) groups is 1. The zero-order valence-corrected chi connectivity index (χ0v) is 5.28. The zero-order chi connectivity index (χ0) is 7.72. The molecule has 10 heavy (non-hydrogen) atoms. The minimum Gasteiger partial charge on any atom is -0.634 e. The van der Waals surface area contributed by atoms with Gasteiger partial charge in [0.1, 0.15) is 12.6 Å². The van der Waals surface area contributed by atoms with Crippen molar-refractivity contribution < 1.29 is 20.1 Å².